The Kier molecular flexibility index (Phi) is 3.10. The molecule has 0 aliphatic heterocycles. The van der Waals surface area contributed by atoms with Crippen molar-refractivity contribution >= 4 is 5.91 Å². The molecule has 1 amide bonds. The van der Waals surface area contributed by atoms with E-state index in [-0.39, 0.29) is 17.9 Å². The van der Waals surface area contributed by atoms with Crippen LogP contribution in [0.5, 0.6) is 0 Å². The number of aliphatic hydroxyl groups is 1. The van der Waals surface area contributed by atoms with Gasteiger partial charge in [0.2, 0.25) is 5.91 Å². The molecule has 1 N–H and O–H groups in total. The standard InChI is InChI=1S/C12H19NO2/c1-13(8-9-6-11(14)7-9)12(15)10-4-2-3-5-10/h2-3,9-11,14H,4-8H2,1H3. The molecule has 0 spiro atoms. The Morgan fingerprint density at radius 1 is 1.40 bits per heavy atom. The van der Waals surface area contributed by atoms with Crippen LogP contribution < -0.4 is 0 Å². The van der Waals surface area contributed by atoms with E-state index in [0.717, 1.165) is 32.2 Å². The van der Waals surface area contributed by atoms with Crippen LogP contribution in [0.2, 0.25) is 0 Å². The lowest BCUT2D eigenvalue weighted by molar-refractivity contribution is -0.135. The minimum absolute atomic E-state index is 0.119. The molecule has 15 heavy (non-hydrogen) atoms. The van der Waals surface area contributed by atoms with Gasteiger partial charge in [0.25, 0.3) is 0 Å². The van der Waals surface area contributed by atoms with Crippen molar-refractivity contribution in [3.63, 3.8) is 0 Å². The minimum Gasteiger partial charge on any atom is -0.393 e. The molecular weight excluding hydrogens is 190 g/mol. The van der Waals surface area contributed by atoms with E-state index in [1.165, 1.54) is 0 Å². The van der Waals surface area contributed by atoms with Crippen molar-refractivity contribution in [1.82, 2.24) is 4.90 Å². The summed E-state index contributed by atoms with van der Waals surface area (Å²) in [6, 6.07) is 0. The van der Waals surface area contributed by atoms with Gasteiger partial charge in [-0.3, -0.25) is 4.79 Å². The first-order valence-corrected chi connectivity index (χ1v) is 5.75. The van der Waals surface area contributed by atoms with Gasteiger partial charge in [-0.1, -0.05) is 12.2 Å². The third-order valence-corrected chi connectivity index (χ3v) is 3.48. The van der Waals surface area contributed by atoms with Crippen molar-refractivity contribution in [3.05, 3.63) is 12.2 Å². The molecule has 0 saturated heterocycles. The Bertz CT molecular complexity index is 261. The average Bonchev–Trinajstić information content (AvgIpc) is 2.66. The molecule has 0 bridgehead atoms. The number of hydrogen-bond donors (Lipinski definition) is 1. The molecule has 3 nitrogen and oxygen atoms in total. The van der Waals surface area contributed by atoms with E-state index in [1.54, 1.807) is 0 Å². The number of rotatable bonds is 3. The van der Waals surface area contributed by atoms with Crippen molar-refractivity contribution in [3.8, 4) is 0 Å². The van der Waals surface area contributed by atoms with Crippen molar-refractivity contribution < 1.29 is 9.90 Å². The van der Waals surface area contributed by atoms with Gasteiger partial charge in [-0.25, -0.2) is 0 Å². The summed E-state index contributed by atoms with van der Waals surface area (Å²) in [4.78, 5) is 13.8. The monoisotopic (exact) mass is 209 g/mol. The molecule has 0 aromatic heterocycles. The molecule has 84 valence electrons. The fourth-order valence-electron chi connectivity index (χ4n) is 2.46. The summed E-state index contributed by atoms with van der Waals surface area (Å²) in [5.41, 5.74) is 0. The fraction of sp³-hybridized carbons (Fsp3) is 0.750. The van der Waals surface area contributed by atoms with Crippen LogP contribution in [0.4, 0.5) is 0 Å². The number of amides is 1. The zero-order valence-electron chi connectivity index (χ0n) is 9.22. The number of carbonyl (C=O) groups excluding carboxylic acids is 1. The van der Waals surface area contributed by atoms with Crippen molar-refractivity contribution in [2.45, 2.75) is 31.8 Å². The highest BCUT2D eigenvalue weighted by molar-refractivity contribution is 5.79. The molecule has 0 unspecified atom stereocenters. The Balaban J connectivity index is 1.75. The van der Waals surface area contributed by atoms with Gasteiger partial charge in [0.05, 0.1) is 6.10 Å². The van der Waals surface area contributed by atoms with Crippen LogP contribution in [0.1, 0.15) is 25.7 Å². The maximum Gasteiger partial charge on any atom is 0.226 e. The van der Waals surface area contributed by atoms with Crippen molar-refractivity contribution in [1.29, 1.82) is 0 Å². The maximum atomic E-state index is 11.9. The Hall–Kier alpha value is -0.830. The van der Waals surface area contributed by atoms with E-state index in [0.29, 0.717) is 5.92 Å². The molecular formula is C12H19NO2. The van der Waals surface area contributed by atoms with Gasteiger partial charge >= 0.3 is 0 Å². The van der Waals surface area contributed by atoms with Crippen LogP contribution >= 0.6 is 0 Å². The molecule has 3 heteroatoms. The van der Waals surface area contributed by atoms with Crippen molar-refractivity contribution in [2.24, 2.45) is 11.8 Å². The molecule has 1 saturated carbocycles. The van der Waals surface area contributed by atoms with Crippen LogP contribution in [-0.2, 0) is 4.79 Å². The summed E-state index contributed by atoms with van der Waals surface area (Å²) in [6.07, 6.45) is 7.58. The van der Waals surface area contributed by atoms with E-state index in [9.17, 15) is 4.79 Å². The fourth-order valence-corrected chi connectivity index (χ4v) is 2.46. The topological polar surface area (TPSA) is 40.5 Å². The highest BCUT2D eigenvalue weighted by Gasteiger charge is 2.30. The molecule has 0 heterocycles. The summed E-state index contributed by atoms with van der Waals surface area (Å²) in [5, 5.41) is 9.17. The minimum atomic E-state index is -0.119. The summed E-state index contributed by atoms with van der Waals surface area (Å²) < 4.78 is 0. The maximum absolute atomic E-state index is 11.9. The van der Waals surface area contributed by atoms with E-state index in [2.05, 4.69) is 12.2 Å². The first-order valence-electron chi connectivity index (χ1n) is 5.75. The molecule has 0 aromatic rings. The molecule has 1 fully saturated rings. The van der Waals surface area contributed by atoms with Crippen molar-refractivity contribution in [2.75, 3.05) is 13.6 Å². The largest absolute Gasteiger partial charge is 0.393 e. The van der Waals surface area contributed by atoms with E-state index in [4.69, 9.17) is 5.11 Å². The number of carbonyl (C=O) groups is 1. The van der Waals surface area contributed by atoms with Gasteiger partial charge in [0.1, 0.15) is 0 Å². The second-order valence-corrected chi connectivity index (χ2v) is 4.85. The smallest absolute Gasteiger partial charge is 0.226 e. The average molecular weight is 209 g/mol. The predicted molar refractivity (Wildman–Crippen MR) is 58.2 cm³/mol. The first kappa shape index (κ1) is 10.7. The van der Waals surface area contributed by atoms with E-state index < -0.39 is 0 Å². The molecule has 0 atom stereocenters. The second-order valence-electron chi connectivity index (χ2n) is 4.85. The lowest BCUT2D eigenvalue weighted by Gasteiger charge is -2.35. The van der Waals surface area contributed by atoms with Gasteiger partial charge in [0.15, 0.2) is 0 Å². The molecule has 0 radical (unpaired) electrons. The Morgan fingerprint density at radius 3 is 2.53 bits per heavy atom. The number of allylic oxidation sites excluding steroid dienone is 2. The molecule has 2 rings (SSSR count). The van der Waals surface area contributed by atoms with Crippen LogP contribution in [0, 0.1) is 11.8 Å². The SMILES string of the molecule is CN(CC1CC(O)C1)C(=O)C1CC=CC1. The van der Waals surface area contributed by atoms with Gasteiger partial charge in [-0.2, -0.15) is 0 Å². The summed E-state index contributed by atoms with van der Waals surface area (Å²) in [5.74, 6) is 0.963. The van der Waals surface area contributed by atoms with Gasteiger partial charge < -0.3 is 10.0 Å². The summed E-state index contributed by atoms with van der Waals surface area (Å²) in [7, 11) is 1.88. The van der Waals surface area contributed by atoms with Gasteiger partial charge in [-0.05, 0) is 31.6 Å². The summed E-state index contributed by atoms with van der Waals surface area (Å²) >= 11 is 0. The highest BCUT2D eigenvalue weighted by atomic mass is 16.3. The lowest BCUT2D eigenvalue weighted by Crippen LogP contribution is -2.41. The van der Waals surface area contributed by atoms with Crippen LogP contribution in [-0.4, -0.2) is 35.6 Å². The normalized spacial score (nSPS) is 30.3. The third-order valence-electron chi connectivity index (χ3n) is 3.48. The van der Waals surface area contributed by atoms with Gasteiger partial charge in [-0.15, -0.1) is 0 Å². The number of hydrogen-bond acceptors (Lipinski definition) is 2. The summed E-state index contributed by atoms with van der Waals surface area (Å²) in [6.45, 7) is 0.812. The Morgan fingerprint density at radius 2 is 2.00 bits per heavy atom. The highest BCUT2D eigenvalue weighted by Crippen LogP contribution is 2.28. The zero-order chi connectivity index (χ0) is 10.8. The molecule has 2 aliphatic carbocycles. The van der Waals surface area contributed by atoms with Crippen LogP contribution in [0.15, 0.2) is 12.2 Å². The first-order chi connectivity index (χ1) is 7.16. The van der Waals surface area contributed by atoms with Gasteiger partial charge in [0, 0.05) is 19.5 Å². The lowest BCUT2D eigenvalue weighted by atomic mass is 9.82. The quantitative estimate of drug-likeness (QED) is 0.709. The van der Waals surface area contributed by atoms with E-state index >= 15 is 0 Å². The van der Waals surface area contributed by atoms with Crippen LogP contribution in [0.3, 0.4) is 0 Å². The Labute approximate surface area is 90.8 Å². The van der Waals surface area contributed by atoms with E-state index in [1.807, 2.05) is 11.9 Å². The predicted octanol–water partition coefficient (Wildman–Crippen LogP) is 1.18. The molecule has 0 aromatic carbocycles. The van der Waals surface area contributed by atoms with Crippen LogP contribution in [0.25, 0.3) is 0 Å². The number of aliphatic hydroxyl groups excluding tert-OH is 1. The zero-order valence-corrected chi connectivity index (χ0v) is 9.22. The number of nitrogens with zero attached hydrogens (tertiary/aromatic N) is 1. The molecule has 2 aliphatic rings. The third kappa shape index (κ3) is 2.40. The second kappa shape index (κ2) is 4.35.